The number of rotatable bonds is 4. The zero-order chi connectivity index (χ0) is 32.5. The number of alkyl halides is 5. The molecule has 16 heteroatoms. The van der Waals surface area contributed by atoms with Crippen LogP contribution < -0.4 is 25.4 Å². The van der Waals surface area contributed by atoms with Crippen LogP contribution in [0, 0.1) is 12.7 Å². The Hall–Kier alpha value is -3.30. The zero-order valence-electron chi connectivity index (χ0n) is 24.8. The van der Waals surface area contributed by atoms with Crippen molar-refractivity contribution in [2.45, 2.75) is 81.4 Å². The maximum absolute atomic E-state index is 16.9. The number of nitrogens with zero attached hydrogens (tertiary/aromatic N) is 5. The van der Waals surface area contributed by atoms with Gasteiger partial charge in [-0.25, -0.2) is 18.2 Å². The molecule has 0 spiro atoms. The van der Waals surface area contributed by atoms with Crippen molar-refractivity contribution in [1.82, 2.24) is 25.2 Å². The Kier molecular flexibility index (Phi) is 6.44. The van der Waals surface area contributed by atoms with Gasteiger partial charge in [-0.1, -0.05) is 11.6 Å². The molecule has 246 valence electrons. The summed E-state index contributed by atoms with van der Waals surface area (Å²) in [6.07, 6.45) is -3.66. The van der Waals surface area contributed by atoms with Crippen molar-refractivity contribution in [3.8, 4) is 23.0 Å². The number of aryl methyl sites for hydroxylation is 1. The Morgan fingerprint density at radius 3 is 2.70 bits per heavy atom. The van der Waals surface area contributed by atoms with Gasteiger partial charge in [-0.05, 0) is 44.7 Å². The quantitative estimate of drug-likeness (QED) is 0.356. The van der Waals surface area contributed by atoms with Crippen molar-refractivity contribution in [1.29, 1.82) is 0 Å². The van der Waals surface area contributed by atoms with Crippen LogP contribution in [0.2, 0.25) is 5.02 Å². The van der Waals surface area contributed by atoms with Gasteiger partial charge in [-0.2, -0.15) is 23.1 Å². The van der Waals surface area contributed by atoms with Gasteiger partial charge in [0.25, 0.3) is 5.92 Å². The summed E-state index contributed by atoms with van der Waals surface area (Å²) in [6, 6.07) is 0.561. The molecule has 3 aromatic rings. The Morgan fingerprint density at radius 1 is 1.22 bits per heavy atom. The summed E-state index contributed by atoms with van der Waals surface area (Å²) in [5, 5.41) is 3.24. The first-order valence-corrected chi connectivity index (χ1v) is 15.6. The summed E-state index contributed by atoms with van der Waals surface area (Å²) in [5.41, 5.74) is 1.62. The van der Waals surface area contributed by atoms with E-state index in [-0.39, 0.29) is 71.1 Å². The Bertz CT molecular complexity index is 1790. The molecule has 0 amide bonds. The molecule has 0 saturated carbocycles. The Balaban J connectivity index is 1.35. The van der Waals surface area contributed by atoms with Crippen molar-refractivity contribution in [3.05, 3.63) is 28.0 Å². The Morgan fingerprint density at radius 2 is 2.00 bits per heavy atom. The highest BCUT2D eigenvalue weighted by molar-refractivity contribution is 6.36. The molecule has 9 nitrogen and oxygen atoms in total. The van der Waals surface area contributed by atoms with Crippen LogP contribution >= 0.6 is 11.6 Å². The molecule has 5 atom stereocenters. The lowest BCUT2D eigenvalue weighted by Crippen LogP contribution is -2.62. The maximum atomic E-state index is 16.9. The van der Waals surface area contributed by atoms with Crippen molar-refractivity contribution in [3.63, 3.8) is 0 Å². The van der Waals surface area contributed by atoms with E-state index in [1.165, 1.54) is 6.92 Å². The molecule has 4 fully saturated rings. The van der Waals surface area contributed by atoms with Crippen LogP contribution in [0.1, 0.15) is 43.7 Å². The second-order valence-electron chi connectivity index (χ2n) is 13.2. The summed E-state index contributed by atoms with van der Waals surface area (Å²) in [5.74, 6) is -4.16. The lowest BCUT2D eigenvalue weighted by atomic mass is 9.85. The average molecular weight is 670 g/mol. The fourth-order valence-corrected chi connectivity index (χ4v) is 8.54. The third-order valence-electron chi connectivity index (χ3n) is 10.2. The zero-order valence-corrected chi connectivity index (χ0v) is 25.6. The number of nitrogens with one attached hydrogen (secondary N) is 1. The molecular formula is C30H30ClF6N7O2. The summed E-state index contributed by atoms with van der Waals surface area (Å²) < 4.78 is 101. The second-order valence-corrected chi connectivity index (χ2v) is 13.6. The normalized spacial score (nSPS) is 29.6. The molecule has 8 rings (SSSR count). The molecule has 7 heterocycles. The maximum Gasteiger partial charge on any atom is 0.418 e. The van der Waals surface area contributed by atoms with Gasteiger partial charge >= 0.3 is 12.2 Å². The molecule has 1 unspecified atom stereocenters. The first-order chi connectivity index (χ1) is 21.7. The third kappa shape index (κ3) is 4.40. The number of benzene rings is 1. The fraction of sp³-hybridized carbons (Fsp3) is 0.567. The van der Waals surface area contributed by atoms with Crippen molar-refractivity contribution < 1.29 is 35.8 Å². The van der Waals surface area contributed by atoms with Gasteiger partial charge in [0.2, 0.25) is 0 Å². The molecule has 46 heavy (non-hydrogen) atoms. The Labute approximate surface area is 264 Å². The average Bonchev–Trinajstić information content (AvgIpc) is 3.36. The molecule has 1 aromatic carbocycles. The van der Waals surface area contributed by atoms with Crippen LogP contribution in [0.4, 0.5) is 38.0 Å². The van der Waals surface area contributed by atoms with E-state index in [9.17, 15) is 22.0 Å². The molecular weight excluding hydrogens is 640 g/mol. The van der Waals surface area contributed by atoms with Crippen molar-refractivity contribution in [2.75, 3.05) is 36.9 Å². The van der Waals surface area contributed by atoms with Crippen LogP contribution in [-0.2, 0) is 6.18 Å². The van der Waals surface area contributed by atoms with E-state index in [0.717, 1.165) is 18.9 Å². The van der Waals surface area contributed by atoms with E-state index in [0.29, 0.717) is 19.5 Å². The van der Waals surface area contributed by atoms with Crippen LogP contribution in [-0.4, -0.2) is 81.8 Å². The minimum Gasteiger partial charge on any atom is -0.486 e. The van der Waals surface area contributed by atoms with Gasteiger partial charge in [0.1, 0.15) is 29.9 Å². The molecule has 3 N–H and O–H groups in total. The second kappa shape index (κ2) is 9.86. The van der Waals surface area contributed by atoms with Crippen LogP contribution in [0.5, 0.6) is 11.8 Å². The topological polar surface area (TPSA) is 102 Å². The highest BCUT2D eigenvalue weighted by Gasteiger charge is 2.60. The van der Waals surface area contributed by atoms with Crippen molar-refractivity contribution in [2.24, 2.45) is 0 Å². The van der Waals surface area contributed by atoms with E-state index >= 15 is 4.39 Å². The standard InChI is InChI=1S/C30H30ClF6N7O2/c1-12-7-16(38)40-22(19(12)30(35,36)37)17-20(31)25-18-23(21(17)32)41-27(45-11-28-5-6-43(28)10-29(33,34)9-28)42-26(18)44-8-14-3-4-15(39-14)24(44)13(2)46-25/h7,13-15,24,39H,3-6,8-11H2,1-2H3,(H2,38,40)/t13-,14+,15-,24+,28?/m0/s1. The number of fused-ring (bicyclic) bond motifs is 6. The van der Waals surface area contributed by atoms with Crippen LogP contribution in [0.15, 0.2) is 6.07 Å². The highest BCUT2D eigenvalue weighted by Crippen LogP contribution is 2.52. The monoisotopic (exact) mass is 669 g/mol. The number of nitrogen functional groups attached to an aromatic ring is 1. The van der Waals surface area contributed by atoms with E-state index in [4.69, 9.17) is 31.8 Å². The lowest BCUT2D eigenvalue weighted by Gasteiger charge is -2.46. The molecule has 2 bridgehead atoms. The van der Waals surface area contributed by atoms with Gasteiger partial charge in [0.05, 0.1) is 45.4 Å². The predicted molar refractivity (Wildman–Crippen MR) is 157 cm³/mol. The number of nitrogens with two attached hydrogens (primary N) is 1. The highest BCUT2D eigenvalue weighted by atomic mass is 35.5. The fourth-order valence-electron chi connectivity index (χ4n) is 8.23. The number of aromatic nitrogens is 3. The lowest BCUT2D eigenvalue weighted by molar-refractivity contribution is -0.137. The summed E-state index contributed by atoms with van der Waals surface area (Å²) in [4.78, 5) is 16.6. The third-order valence-corrected chi connectivity index (χ3v) is 10.6. The van der Waals surface area contributed by atoms with Gasteiger partial charge < -0.3 is 25.4 Å². The first-order valence-electron chi connectivity index (χ1n) is 15.2. The SMILES string of the molecule is Cc1cc(N)nc(-c2c(Cl)c3c4c(nc(OCC56CCN5CC(F)(F)C6)nc4c2F)N2C[C@H]4CC[C@H](N4)[C@H]2[C@H](C)O3)c1C(F)(F)F. The molecule has 2 aromatic heterocycles. The largest absolute Gasteiger partial charge is 0.486 e. The van der Waals surface area contributed by atoms with Crippen LogP contribution in [0.25, 0.3) is 22.2 Å². The summed E-state index contributed by atoms with van der Waals surface area (Å²) >= 11 is 6.82. The van der Waals surface area contributed by atoms with Gasteiger partial charge in [-0.15, -0.1) is 0 Å². The van der Waals surface area contributed by atoms with Gasteiger partial charge in [0.15, 0.2) is 11.6 Å². The number of hydrogen-bond acceptors (Lipinski definition) is 9. The number of anilines is 2. The van der Waals surface area contributed by atoms with E-state index in [2.05, 4.69) is 15.3 Å². The van der Waals surface area contributed by atoms with Gasteiger partial charge in [-0.3, -0.25) is 4.90 Å². The predicted octanol–water partition coefficient (Wildman–Crippen LogP) is 5.35. The van der Waals surface area contributed by atoms with Crippen molar-refractivity contribution >= 4 is 34.1 Å². The number of pyridine rings is 1. The van der Waals surface area contributed by atoms with E-state index in [1.807, 2.05) is 11.8 Å². The number of hydrogen-bond donors (Lipinski definition) is 2. The molecule has 5 aliphatic heterocycles. The summed E-state index contributed by atoms with van der Waals surface area (Å²) in [7, 11) is 0. The minimum absolute atomic E-state index is 0.0150. The first kappa shape index (κ1) is 30.1. The molecule has 4 saturated heterocycles. The van der Waals surface area contributed by atoms with Crippen LogP contribution in [0.3, 0.4) is 0 Å². The van der Waals surface area contributed by atoms with E-state index in [1.54, 1.807) is 4.90 Å². The molecule has 0 aliphatic carbocycles. The summed E-state index contributed by atoms with van der Waals surface area (Å²) in [6.45, 7) is 3.45. The number of ether oxygens (including phenoxy) is 2. The molecule has 0 radical (unpaired) electrons. The minimum atomic E-state index is -4.93. The van der Waals surface area contributed by atoms with E-state index < -0.39 is 57.8 Å². The molecule has 5 aliphatic rings. The smallest absolute Gasteiger partial charge is 0.418 e. The van der Waals surface area contributed by atoms with Gasteiger partial charge in [0, 0.05) is 31.6 Å². The number of piperazine rings is 1. The number of halogens is 7.